The van der Waals surface area contributed by atoms with Crippen LogP contribution in [-0.2, 0) is 0 Å². The average Bonchev–Trinajstić information content (AvgIpc) is 2.39. The zero-order valence-electron chi connectivity index (χ0n) is 10.9. The summed E-state index contributed by atoms with van der Waals surface area (Å²) in [7, 11) is 0. The Kier molecular flexibility index (Phi) is 4.55. The molecule has 1 saturated heterocycles. The molecule has 1 aromatic rings. The van der Waals surface area contributed by atoms with Crippen LogP contribution in [0.1, 0.15) is 37.9 Å². The quantitative estimate of drug-likeness (QED) is 0.854. The highest BCUT2D eigenvalue weighted by Gasteiger charge is 2.20. The van der Waals surface area contributed by atoms with Gasteiger partial charge in [-0.15, -0.1) is 0 Å². The number of hydrogen-bond donors (Lipinski definition) is 2. The first kappa shape index (κ1) is 13.3. The zero-order chi connectivity index (χ0) is 13.0. The number of piperidine rings is 1. The largest absolute Gasteiger partial charge is 0.396 e. The Morgan fingerprint density at radius 2 is 2.39 bits per heavy atom. The lowest BCUT2D eigenvalue weighted by atomic mass is 9.95. The molecule has 1 aliphatic rings. The van der Waals surface area contributed by atoms with Crippen molar-refractivity contribution in [2.45, 2.75) is 32.3 Å². The van der Waals surface area contributed by atoms with Crippen LogP contribution in [0.2, 0.25) is 0 Å². The Balaban J connectivity index is 2.08. The predicted molar refractivity (Wildman–Crippen MR) is 71.5 cm³/mol. The van der Waals surface area contributed by atoms with Gasteiger partial charge in [-0.05, 0) is 49.8 Å². The molecule has 0 amide bonds. The highest BCUT2D eigenvalue weighted by molar-refractivity contribution is 5.42. The molecule has 100 valence electrons. The number of anilines is 1. The maximum atomic E-state index is 9.60. The van der Waals surface area contributed by atoms with Gasteiger partial charge in [0.15, 0.2) is 0 Å². The highest BCUT2D eigenvalue weighted by atomic mass is 16.3. The van der Waals surface area contributed by atoms with E-state index in [1.54, 1.807) is 13.1 Å². The van der Waals surface area contributed by atoms with Gasteiger partial charge in [-0.1, -0.05) is 0 Å². The van der Waals surface area contributed by atoms with Gasteiger partial charge in [-0.3, -0.25) is 0 Å². The summed E-state index contributed by atoms with van der Waals surface area (Å²) in [6.45, 7) is 4.00. The summed E-state index contributed by atoms with van der Waals surface area (Å²) >= 11 is 0. The van der Waals surface area contributed by atoms with Crippen LogP contribution in [0.3, 0.4) is 0 Å². The summed E-state index contributed by atoms with van der Waals surface area (Å²) in [6, 6.07) is 3.81. The third kappa shape index (κ3) is 3.21. The number of pyridine rings is 1. The van der Waals surface area contributed by atoms with Crippen LogP contribution >= 0.6 is 0 Å². The molecule has 0 aliphatic carbocycles. The number of aliphatic hydroxyl groups excluding tert-OH is 2. The Bertz CT molecular complexity index is 380. The summed E-state index contributed by atoms with van der Waals surface area (Å²) in [6.07, 6.45) is 4.50. The van der Waals surface area contributed by atoms with Gasteiger partial charge in [0.2, 0.25) is 0 Å². The Hall–Kier alpha value is -1.13. The zero-order valence-corrected chi connectivity index (χ0v) is 10.9. The SMILES string of the molecule is C[C@@H](O)c1ccnc(N2CCCC(CCO)C2)c1. The fourth-order valence-corrected chi connectivity index (χ4v) is 2.56. The van der Waals surface area contributed by atoms with Crippen molar-refractivity contribution in [3.8, 4) is 0 Å². The summed E-state index contributed by atoms with van der Waals surface area (Å²) in [4.78, 5) is 6.65. The van der Waals surface area contributed by atoms with Crippen LogP contribution in [0.4, 0.5) is 5.82 Å². The second-order valence-electron chi connectivity index (χ2n) is 5.09. The van der Waals surface area contributed by atoms with Gasteiger partial charge >= 0.3 is 0 Å². The maximum Gasteiger partial charge on any atom is 0.128 e. The molecular formula is C14H22N2O2. The van der Waals surface area contributed by atoms with Crippen molar-refractivity contribution < 1.29 is 10.2 Å². The maximum absolute atomic E-state index is 9.60. The minimum Gasteiger partial charge on any atom is -0.396 e. The molecule has 4 nitrogen and oxygen atoms in total. The summed E-state index contributed by atoms with van der Waals surface area (Å²) in [5, 5.41) is 18.6. The van der Waals surface area contributed by atoms with Gasteiger partial charge in [-0.2, -0.15) is 0 Å². The van der Waals surface area contributed by atoms with E-state index in [1.165, 1.54) is 6.42 Å². The molecule has 1 fully saturated rings. The van der Waals surface area contributed by atoms with Crippen molar-refractivity contribution in [1.29, 1.82) is 0 Å². The van der Waals surface area contributed by atoms with E-state index in [1.807, 2.05) is 12.1 Å². The first-order chi connectivity index (χ1) is 8.70. The average molecular weight is 250 g/mol. The molecule has 2 atom stereocenters. The van der Waals surface area contributed by atoms with Gasteiger partial charge in [0.1, 0.15) is 5.82 Å². The lowest BCUT2D eigenvalue weighted by Gasteiger charge is -2.33. The highest BCUT2D eigenvalue weighted by Crippen LogP contribution is 2.25. The first-order valence-corrected chi connectivity index (χ1v) is 6.70. The van der Waals surface area contributed by atoms with Crippen LogP contribution in [0.5, 0.6) is 0 Å². The van der Waals surface area contributed by atoms with Gasteiger partial charge in [0.05, 0.1) is 6.10 Å². The van der Waals surface area contributed by atoms with Crippen LogP contribution in [0.15, 0.2) is 18.3 Å². The second kappa shape index (κ2) is 6.16. The predicted octanol–water partition coefficient (Wildman–Crippen LogP) is 1.73. The summed E-state index contributed by atoms with van der Waals surface area (Å²) < 4.78 is 0. The lowest BCUT2D eigenvalue weighted by Crippen LogP contribution is -2.36. The molecular weight excluding hydrogens is 228 g/mol. The number of hydrogen-bond acceptors (Lipinski definition) is 4. The topological polar surface area (TPSA) is 56.6 Å². The van der Waals surface area contributed by atoms with Gasteiger partial charge in [0.25, 0.3) is 0 Å². The molecule has 2 heterocycles. The minimum absolute atomic E-state index is 0.264. The Labute approximate surface area is 108 Å². The van der Waals surface area contributed by atoms with Crippen molar-refractivity contribution in [1.82, 2.24) is 4.98 Å². The third-order valence-electron chi connectivity index (χ3n) is 3.63. The van der Waals surface area contributed by atoms with Gasteiger partial charge in [0, 0.05) is 25.9 Å². The van der Waals surface area contributed by atoms with Crippen molar-refractivity contribution in [3.05, 3.63) is 23.9 Å². The molecule has 1 aromatic heterocycles. The molecule has 0 saturated carbocycles. The minimum atomic E-state index is -0.454. The van der Waals surface area contributed by atoms with Gasteiger partial charge in [-0.25, -0.2) is 4.98 Å². The van der Waals surface area contributed by atoms with Crippen LogP contribution in [0, 0.1) is 5.92 Å². The number of nitrogens with zero attached hydrogens (tertiary/aromatic N) is 2. The molecule has 0 aromatic carbocycles. The molecule has 0 bridgehead atoms. The van der Waals surface area contributed by atoms with Crippen molar-refractivity contribution in [2.75, 3.05) is 24.6 Å². The van der Waals surface area contributed by atoms with Crippen molar-refractivity contribution >= 4 is 5.82 Å². The molecule has 2 rings (SSSR count). The van der Waals surface area contributed by atoms with Crippen molar-refractivity contribution in [3.63, 3.8) is 0 Å². The molecule has 0 spiro atoms. The first-order valence-electron chi connectivity index (χ1n) is 6.70. The molecule has 18 heavy (non-hydrogen) atoms. The Morgan fingerprint density at radius 1 is 1.56 bits per heavy atom. The molecule has 1 aliphatic heterocycles. The number of rotatable bonds is 4. The van der Waals surface area contributed by atoms with Gasteiger partial charge < -0.3 is 15.1 Å². The fraction of sp³-hybridized carbons (Fsp3) is 0.643. The standard InChI is InChI=1S/C14H22N2O2/c1-11(18)13-4-6-15-14(9-13)16-7-2-3-12(10-16)5-8-17/h4,6,9,11-12,17-18H,2-3,5,7-8,10H2,1H3/t11-,12?/m1/s1. The normalized spacial score (nSPS) is 21.9. The molecule has 4 heteroatoms. The Morgan fingerprint density at radius 3 is 3.11 bits per heavy atom. The van der Waals surface area contributed by atoms with E-state index >= 15 is 0 Å². The molecule has 1 unspecified atom stereocenters. The van der Waals surface area contributed by atoms with E-state index in [2.05, 4.69) is 9.88 Å². The van der Waals surface area contributed by atoms with E-state index in [-0.39, 0.29) is 6.61 Å². The number of aromatic nitrogens is 1. The fourth-order valence-electron chi connectivity index (χ4n) is 2.56. The summed E-state index contributed by atoms with van der Waals surface area (Å²) in [5.41, 5.74) is 0.907. The number of aliphatic hydroxyl groups is 2. The molecule has 0 radical (unpaired) electrons. The van der Waals surface area contributed by atoms with E-state index in [9.17, 15) is 5.11 Å². The van der Waals surface area contributed by atoms with E-state index < -0.39 is 6.10 Å². The van der Waals surface area contributed by atoms with E-state index in [0.29, 0.717) is 5.92 Å². The van der Waals surface area contributed by atoms with E-state index in [4.69, 9.17) is 5.11 Å². The summed E-state index contributed by atoms with van der Waals surface area (Å²) in [5.74, 6) is 1.50. The second-order valence-corrected chi connectivity index (χ2v) is 5.09. The monoisotopic (exact) mass is 250 g/mol. The van der Waals surface area contributed by atoms with Crippen molar-refractivity contribution in [2.24, 2.45) is 5.92 Å². The molecule has 2 N–H and O–H groups in total. The third-order valence-corrected chi connectivity index (χ3v) is 3.63. The van der Waals surface area contributed by atoms with Crippen LogP contribution < -0.4 is 4.90 Å². The van der Waals surface area contributed by atoms with E-state index in [0.717, 1.165) is 37.3 Å². The smallest absolute Gasteiger partial charge is 0.128 e. The lowest BCUT2D eigenvalue weighted by molar-refractivity contribution is 0.199. The van der Waals surface area contributed by atoms with Crippen LogP contribution in [0.25, 0.3) is 0 Å². The van der Waals surface area contributed by atoms with Crippen LogP contribution in [-0.4, -0.2) is 34.9 Å².